The summed E-state index contributed by atoms with van der Waals surface area (Å²) >= 11 is 5.75. The van der Waals surface area contributed by atoms with Gasteiger partial charge in [0.25, 0.3) is 0 Å². The largest absolute Gasteiger partial charge is 0.397 e. The van der Waals surface area contributed by atoms with Gasteiger partial charge in [0, 0.05) is 0 Å². The average molecular weight is 167 g/mol. The van der Waals surface area contributed by atoms with Gasteiger partial charge in [-0.2, -0.15) is 5.26 Å². The second-order valence-electron chi connectivity index (χ2n) is 2.27. The van der Waals surface area contributed by atoms with Crippen LogP contribution in [0.15, 0.2) is 12.1 Å². The Bertz CT molecular complexity index is 326. The number of nitrogens with two attached hydrogens (primary N) is 1. The smallest absolute Gasteiger partial charge is 0.101 e. The molecule has 2 N–H and O–H groups in total. The molecule has 0 aliphatic carbocycles. The van der Waals surface area contributed by atoms with Gasteiger partial charge in [0.2, 0.25) is 0 Å². The SMILES string of the molecule is Cc1ccc(N)c(Cl)c1C#N. The molecule has 0 fully saturated rings. The van der Waals surface area contributed by atoms with E-state index in [1.165, 1.54) is 0 Å². The summed E-state index contributed by atoms with van der Waals surface area (Å²) in [7, 11) is 0. The first-order valence-electron chi connectivity index (χ1n) is 3.11. The van der Waals surface area contributed by atoms with Gasteiger partial charge in [0.05, 0.1) is 16.3 Å². The van der Waals surface area contributed by atoms with Gasteiger partial charge in [0.1, 0.15) is 6.07 Å². The Hall–Kier alpha value is -1.20. The summed E-state index contributed by atoms with van der Waals surface area (Å²) in [6.45, 7) is 1.82. The maximum atomic E-state index is 8.63. The fraction of sp³-hybridized carbons (Fsp3) is 0.125. The highest BCUT2D eigenvalue weighted by molar-refractivity contribution is 6.34. The monoisotopic (exact) mass is 166 g/mol. The molecule has 11 heavy (non-hydrogen) atoms. The lowest BCUT2D eigenvalue weighted by Gasteiger charge is -2.01. The molecule has 2 nitrogen and oxygen atoms in total. The van der Waals surface area contributed by atoms with Crippen molar-refractivity contribution in [1.29, 1.82) is 5.26 Å². The maximum Gasteiger partial charge on any atom is 0.101 e. The lowest BCUT2D eigenvalue weighted by molar-refractivity contribution is 1.39. The quantitative estimate of drug-likeness (QED) is 0.600. The number of nitrogens with zero attached hydrogens (tertiary/aromatic N) is 1. The first-order chi connectivity index (χ1) is 5.16. The predicted molar refractivity (Wildman–Crippen MR) is 45.3 cm³/mol. The number of hydrogen-bond acceptors (Lipinski definition) is 2. The van der Waals surface area contributed by atoms with Crippen molar-refractivity contribution in [2.45, 2.75) is 6.92 Å². The van der Waals surface area contributed by atoms with Crippen molar-refractivity contribution in [2.24, 2.45) is 0 Å². The zero-order valence-corrected chi connectivity index (χ0v) is 6.81. The van der Waals surface area contributed by atoms with Crippen LogP contribution in [0, 0.1) is 18.3 Å². The van der Waals surface area contributed by atoms with Crippen LogP contribution < -0.4 is 5.73 Å². The highest BCUT2D eigenvalue weighted by Gasteiger charge is 2.05. The third-order valence-electron chi connectivity index (χ3n) is 1.49. The van der Waals surface area contributed by atoms with Crippen LogP contribution in [0.3, 0.4) is 0 Å². The number of nitrogen functional groups attached to an aromatic ring is 1. The third-order valence-corrected chi connectivity index (χ3v) is 1.90. The van der Waals surface area contributed by atoms with E-state index in [9.17, 15) is 0 Å². The molecule has 0 saturated carbocycles. The summed E-state index contributed by atoms with van der Waals surface area (Å²) in [6.07, 6.45) is 0. The Morgan fingerprint density at radius 1 is 1.55 bits per heavy atom. The van der Waals surface area contributed by atoms with Crippen LogP contribution in [0.5, 0.6) is 0 Å². The molecule has 0 radical (unpaired) electrons. The summed E-state index contributed by atoms with van der Waals surface area (Å²) in [4.78, 5) is 0. The van der Waals surface area contributed by atoms with Crippen LogP contribution in [-0.4, -0.2) is 0 Å². The molecule has 3 heteroatoms. The van der Waals surface area contributed by atoms with E-state index in [0.717, 1.165) is 5.56 Å². The highest BCUT2D eigenvalue weighted by Crippen LogP contribution is 2.24. The van der Waals surface area contributed by atoms with Crippen LogP contribution in [0.2, 0.25) is 5.02 Å². The normalized spacial score (nSPS) is 9.18. The van der Waals surface area contributed by atoms with Crippen LogP contribution >= 0.6 is 11.6 Å². The van der Waals surface area contributed by atoms with Gasteiger partial charge >= 0.3 is 0 Å². The molecule has 0 spiro atoms. The van der Waals surface area contributed by atoms with Gasteiger partial charge in [-0.25, -0.2) is 0 Å². The Morgan fingerprint density at radius 2 is 2.18 bits per heavy atom. The summed E-state index contributed by atoms with van der Waals surface area (Å²) in [5.41, 5.74) is 7.25. The van der Waals surface area contributed by atoms with Gasteiger partial charge in [-0.05, 0) is 18.6 Å². The third kappa shape index (κ3) is 1.28. The molecule has 0 atom stereocenters. The minimum Gasteiger partial charge on any atom is -0.397 e. The average Bonchev–Trinajstić information content (AvgIpc) is 1.99. The molecule has 0 bridgehead atoms. The second-order valence-corrected chi connectivity index (χ2v) is 2.65. The van der Waals surface area contributed by atoms with Crippen LogP contribution in [-0.2, 0) is 0 Å². The van der Waals surface area contributed by atoms with E-state index in [0.29, 0.717) is 16.3 Å². The van der Waals surface area contributed by atoms with Crippen molar-refractivity contribution < 1.29 is 0 Å². The number of halogens is 1. The molecule has 0 aromatic heterocycles. The number of anilines is 1. The van der Waals surface area contributed by atoms with E-state index in [1.807, 2.05) is 13.0 Å². The van der Waals surface area contributed by atoms with Crippen LogP contribution in [0.25, 0.3) is 0 Å². The van der Waals surface area contributed by atoms with E-state index in [1.54, 1.807) is 12.1 Å². The summed E-state index contributed by atoms with van der Waals surface area (Å²) in [6, 6.07) is 5.46. The molecule has 0 aliphatic heterocycles. The van der Waals surface area contributed by atoms with Crippen LogP contribution in [0.4, 0.5) is 5.69 Å². The van der Waals surface area contributed by atoms with Crippen molar-refractivity contribution in [1.82, 2.24) is 0 Å². The Morgan fingerprint density at radius 3 is 2.64 bits per heavy atom. The predicted octanol–water partition coefficient (Wildman–Crippen LogP) is 2.10. The Labute approximate surface area is 70.2 Å². The van der Waals surface area contributed by atoms with Crippen molar-refractivity contribution in [3.05, 3.63) is 28.3 Å². The number of rotatable bonds is 0. The van der Waals surface area contributed by atoms with Crippen molar-refractivity contribution in [2.75, 3.05) is 5.73 Å². The van der Waals surface area contributed by atoms with E-state index < -0.39 is 0 Å². The van der Waals surface area contributed by atoms with Crippen molar-refractivity contribution >= 4 is 17.3 Å². The standard InChI is InChI=1S/C8H7ClN2/c1-5-2-3-7(11)8(9)6(5)4-10/h2-3H,11H2,1H3. The lowest BCUT2D eigenvalue weighted by atomic mass is 10.1. The minimum atomic E-state index is 0.354. The fourth-order valence-corrected chi connectivity index (χ4v) is 1.08. The summed E-state index contributed by atoms with van der Waals surface area (Å²) in [5, 5.41) is 8.99. The van der Waals surface area contributed by atoms with E-state index in [2.05, 4.69) is 0 Å². The molecular formula is C8H7ClN2. The first kappa shape index (κ1) is 7.90. The zero-order chi connectivity index (χ0) is 8.43. The number of benzene rings is 1. The van der Waals surface area contributed by atoms with Gasteiger partial charge in [0.15, 0.2) is 0 Å². The summed E-state index contributed by atoms with van der Waals surface area (Å²) in [5.74, 6) is 0. The molecule has 0 aliphatic rings. The zero-order valence-electron chi connectivity index (χ0n) is 6.06. The van der Waals surface area contributed by atoms with E-state index in [-0.39, 0.29) is 0 Å². The molecule has 1 aromatic rings. The van der Waals surface area contributed by atoms with Crippen LogP contribution in [0.1, 0.15) is 11.1 Å². The van der Waals surface area contributed by atoms with Crippen molar-refractivity contribution in [3.8, 4) is 6.07 Å². The Kier molecular flexibility index (Phi) is 2.02. The summed E-state index contributed by atoms with van der Waals surface area (Å²) < 4.78 is 0. The second kappa shape index (κ2) is 2.81. The first-order valence-corrected chi connectivity index (χ1v) is 3.49. The van der Waals surface area contributed by atoms with Gasteiger partial charge in [-0.1, -0.05) is 17.7 Å². The highest BCUT2D eigenvalue weighted by atomic mass is 35.5. The maximum absolute atomic E-state index is 8.63. The molecule has 0 heterocycles. The molecule has 1 rings (SSSR count). The number of nitriles is 1. The fourth-order valence-electron chi connectivity index (χ4n) is 0.826. The lowest BCUT2D eigenvalue weighted by Crippen LogP contribution is -1.91. The topological polar surface area (TPSA) is 49.8 Å². The van der Waals surface area contributed by atoms with Crippen molar-refractivity contribution in [3.63, 3.8) is 0 Å². The van der Waals surface area contributed by atoms with Gasteiger partial charge in [-0.3, -0.25) is 0 Å². The molecule has 0 saturated heterocycles. The molecule has 0 amide bonds. The van der Waals surface area contributed by atoms with Gasteiger partial charge < -0.3 is 5.73 Å². The number of aryl methyl sites for hydroxylation is 1. The minimum absolute atomic E-state index is 0.354. The van der Waals surface area contributed by atoms with Gasteiger partial charge in [-0.15, -0.1) is 0 Å². The Balaban J connectivity index is 3.44. The molecule has 56 valence electrons. The number of hydrogen-bond donors (Lipinski definition) is 1. The molecule has 1 aromatic carbocycles. The molecular weight excluding hydrogens is 160 g/mol. The van der Waals surface area contributed by atoms with E-state index in [4.69, 9.17) is 22.6 Å². The molecule has 0 unspecified atom stereocenters. The van der Waals surface area contributed by atoms with E-state index >= 15 is 0 Å².